The van der Waals surface area contributed by atoms with E-state index < -0.39 is 11.8 Å². The first kappa shape index (κ1) is 21.2. The predicted octanol–water partition coefficient (Wildman–Crippen LogP) is 4.33. The van der Waals surface area contributed by atoms with E-state index in [1.807, 2.05) is 0 Å². The number of aryl methyl sites for hydroxylation is 1. The fourth-order valence-electron chi connectivity index (χ4n) is 3.52. The van der Waals surface area contributed by atoms with E-state index in [0.717, 1.165) is 31.5 Å². The summed E-state index contributed by atoms with van der Waals surface area (Å²) in [4.78, 5) is 26.5. The predicted molar refractivity (Wildman–Crippen MR) is 119 cm³/mol. The zero-order valence-corrected chi connectivity index (χ0v) is 17.6. The number of amides is 2. The Bertz CT molecular complexity index is 846. The number of hydrogen-bond acceptors (Lipinski definition) is 3. The molecule has 6 heteroatoms. The van der Waals surface area contributed by atoms with Gasteiger partial charge in [0.05, 0.1) is 0 Å². The topological polar surface area (TPSA) is 61.4 Å². The van der Waals surface area contributed by atoms with Gasteiger partial charge in [0.15, 0.2) is 0 Å². The van der Waals surface area contributed by atoms with Gasteiger partial charge in [-0.1, -0.05) is 29.8 Å². The third kappa shape index (κ3) is 5.97. The number of anilines is 2. The van der Waals surface area contributed by atoms with Crippen LogP contribution in [0.25, 0.3) is 0 Å². The van der Waals surface area contributed by atoms with Crippen molar-refractivity contribution in [3.63, 3.8) is 0 Å². The molecule has 1 aliphatic rings. The highest BCUT2D eigenvalue weighted by atomic mass is 35.5. The molecule has 1 heterocycles. The molecule has 2 aromatic carbocycles. The molecule has 1 fully saturated rings. The summed E-state index contributed by atoms with van der Waals surface area (Å²) < 4.78 is 0. The lowest BCUT2D eigenvalue weighted by atomic mass is 10.1. The smallest absolute Gasteiger partial charge is 0.313 e. The minimum absolute atomic E-state index is 0.453. The number of halogens is 1. The first-order chi connectivity index (χ1) is 14.0. The average molecular weight is 414 g/mol. The van der Waals surface area contributed by atoms with E-state index in [1.165, 1.54) is 30.5 Å². The maximum atomic E-state index is 12.1. The number of carbonyl (C=O) groups excluding carboxylic acids is 2. The fourth-order valence-corrected chi connectivity index (χ4v) is 3.70. The molecular formula is C23H28ClN3O2. The number of hydrogen-bond donors (Lipinski definition) is 2. The minimum atomic E-state index is -0.679. The van der Waals surface area contributed by atoms with Crippen molar-refractivity contribution in [3.05, 3.63) is 58.6 Å². The largest absolute Gasteiger partial charge is 0.372 e. The second-order valence-electron chi connectivity index (χ2n) is 7.44. The molecule has 0 atom stereocenters. The van der Waals surface area contributed by atoms with E-state index in [-0.39, 0.29) is 0 Å². The molecular weight excluding hydrogens is 386 g/mol. The van der Waals surface area contributed by atoms with Gasteiger partial charge in [-0.2, -0.15) is 0 Å². The summed E-state index contributed by atoms with van der Waals surface area (Å²) in [6.07, 6.45) is 5.50. The van der Waals surface area contributed by atoms with Crippen molar-refractivity contribution < 1.29 is 9.59 Å². The molecule has 0 saturated carbocycles. The summed E-state index contributed by atoms with van der Waals surface area (Å²) in [7, 11) is 0. The van der Waals surface area contributed by atoms with Crippen LogP contribution in [0.5, 0.6) is 0 Å². The second kappa shape index (κ2) is 10.3. The van der Waals surface area contributed by atoms with Crippen molar-refractivity contribution in [2.75, 3.05) is 29.9 Å². The summed E-state index contributed by atoms with van der Waals surface area (Å²) in [6.45, 7) is 4.53. The van der Waals surface area contributed by atoms with Crippen molar-refractivity contribution in [1.82, 2.24) is 5.32 Å². The van der Waals surface area contributed by atoms with Gasteiger partial charge in [0.1, 0.15) is 0 Å². The Balaban J connectivity index is 1.40. The fraction of sp³-hybridized carbons (Fsp3) is 0.391. The van der Waals surface area contributed by atoms with Crippen LogP contribution in [-0.4, -0.2) is 31.4 Å². The summed E-state index contributed by atoms with van der Waals surface area (Å²) in [5, 5.41) is 5.84. The van der Waals surface area contributed by atoms with E-state index in [9.17, 15) is 9.59 Å². The van der Waals surface area contributed by atoms with Crippen molar-refractivity contribution in [1.29, 1.82) is 0 Å². The highest BCUT2D eigenvalue weighted by molar-refractivity contribution is 6.40. The van der Waals surface area contributed by atoms with E-state index in [2.05, 4.69) is 39.8 Å². The Morgan fingerprint density at radius 2 is 1.72 bits per heavy atom. The molecule has 0 spiro atoms. The molecule has 0 aromatic heterocycles. The van der Waals surface area contributed by atoms with Crippen molar-refractivity contribution in [3.8, 4) is 0 Å². The van der Waals surface area contributed by atoms with Crippen LogP contribution in [0.1, 0.15) is 36.8 Å². The maximum absolute atomic E-state index is 12.1. The van der Waals surface area contributed by atoms with Crippen LogP contribution in [0, 0.1) is 6.92 Å². The van der Waals surface area contributed by atoms with Crippen LogP contribution in [0.3, 0.4) is 0 Å². The molecule has 2 amide bonds. The highest BCUT2D eigenvalue weighted by Crippen LogP contribution is 2.23. The molecule has 0 radical (unpaired) electrons. The van der Waals surface area contributed by atoms with Gasteiger partial charge in [0.2, 0.25) is 0 Å². The number of nitrogens with zero attached hydrogens (tertiary/aromatic N) is 1. The Morgan fingerprint density at radius 3 is 2.45 bits per heavy atom. The van der Waals surface area contributed by atoms with Crippen LogP contribution in [0.4, 0.5) is 11.4 Å². The minimum Gasteiger partial charge on any atom is -0.372 e. The third-order valence-corrected chi connectivity index (χ3v) is 5.72. The van der Waals surface area contributed by atoms with E-state index in [0.29, 0.717) is 17.3 Å². The first-order valence-corrected chi connectivity index (χ1v) is 10.6. The lowest BCUT2D eigenvalue weighted by Crippen LogP contribution is -2.36. The summed E-state index contributed by atoms with van der Waals surface area (Å²) >= 11 is 6.04. The monoisotopic (exact) mass is 413 g/mol. The standard InChI is InChI=1S/C23H28ClN3O2/c1-17-20(24)8-5-9-21(17)26-23(29)22(28)25-14-6-7-18-10-12-19(13-11-18)27-15-3-2-4-16-27/h5,8-13H,2-4,6-7,14-16H2,1H3,(H,25,28)(H,26,29). The lowest BCUT2D eigenvalue weighted by molar-refractivity contribution is -0.136. The second-order valence-corrected chi connectivity index (χ2v) is 7.85. The van der Waals surface area contributed by atoms with Crippen molar-refractivity contribution in [2.45, 2.75) is 39.0 Å². The van der Waals surface area contributed by atoms with Crippen LogP contribution in [0.15, 0.2) is 42.5 Å². The van der Waals surface area contributed by atoms with Gasteiger partial charge >= 0.3 is 11.8 Å². The number of rotatable bonds is 6. The van der Waals surface area contributed by atoms with Gasteiger partial charge in [-0.3, -0.25) is 9.59 Å². The van der Waals surface area contributed by atoms with Gasteiger partial charge in [-0.15, -0.1) is 0 Å². The average Bonchev–Trinajstić information content (AvgIpc) is 2.75. The zero-order valence-electron chi connectivity index (χ0n) is 16.8. The summed E-state index contributed by atoms with van der Waals surface area (Å²) in [6, 6.07) is 13.9. The Labute approximate surface area is 177 Å². The van der Waals surface area contributed by atoms with Gasteiger partial charge < -0.3 is 15.5 Å². The zero-order chi connectivity index (χ0) is 20.6. The Hall–Kier alpha value is -2.53. The third-order valence-electron chi connectivity index (χ3n) is 5.31. The summed E-state index contributed by atoms with van der Waals surface area (Å²) in [5.74, 6) is -1.31. The number of nitrogens with one attached hydrogen (secondary N) is 2. The lowest BCUT2D eigenvalue weighted by Gasteiger charge is -2.28. The van der Waals surface area contributed by atoms with Crippen molar-refractivity contribution in [2.24, 2.45) is 0 Å². The molecule has 5 nitrogen and oxygen atoms in total. The Kier molecular flexibility index (Phi) is 7.53. The SMILES string of the molecule is Cc1c(Cl)cccc1NC(=O)C(=O)NCCCc1ccc(N2CCCCC2)cc1. The number of piperidine rings is 1. The molecule has 0 aliphatic carbocycles. The van der Waals surface area contributed by atoms with Gasteiger partial charge in [-0.05, 0) is 74.4 Å². The molecule has 2 aromatic rings. The van der Waals surface area contributed by atoms with E-state index >= 15 is 0 Å². The first-order valence-electron chi connectivity index (χ1n) is 10.2. The molecule has 3 rings (SSSR count). The molecule has 29 heavy (non-hydrogen) atoms. The quantitative estimate of drug-likeness (QED) is 0.547. The van der Waals surface area contributed by atoms with Crippen LogP contribution >= 0.6 is 11.6 Å². The van der Waals surface area contributed by atoms with Crippen LogP contribution < -0.4 is 15.5 Å². The van der Waals surface area contributed by atoms with Gasteiger partial charge in [0.25, 0.3) is 0 Å². The normalized spacial score (nSPS) is 13.8. The van der Waals surface area contributed by atoms with E-state index in [4.69, 9.17) is 11.6 Å². The molecule has 0 unspecified atom stereocenters. The molecule has 2 N–H and O–H groups in total. The molecule has 1 aliphatic heterocycles. The summed E-state index contributed by atoms with van der Waals surface area (Å²) in [5.41, 5.74) is 3.81. The number of carbonyl (C=O) groups is 2. The molecule has 1 saturated heterocycles. The van der Waals surface area contributed by atoms with Crippen LogP contribution in [0.2, 0.25) is 5.02 Å². The molecule has 154 valence electrons. The Morgan fingerprint density at radius 1 is 1.00 bits per heavy atom. The van der Waals surface area contributed by atoms with Crippen molar-refractivity contribution >= 4 is 34.8 Å². The van der Waals surface area contributed by atoms with E-state index in [1.54, 1.807) is 25.1 Å². The highest BCUT2D eigenvalue weighted by Gasteiger charge is 2.15. The van der Waals surface area contributed by atoms with Gasteiger partial charge in [0, 0.05) is 36.0 Å². The maximum Gasteiger partial charge on any atom is 0.313 e. The van der Waals surface area contributed by atoms with Gasteiger partial charge in [-0.25, -0.2) is 0 Å². The van der Waals surface area contributed by atoms with Crippen LogP contribution in [-0.2, 0) is 16.0 Å². The number of benzene rings is 2. The molecule has 0 bridgehead atoms.